The van der Waals surface area contributed by atoms with Gasteiger partial charge in [0.1, 0.15) is 29.8 Å². The van der Waals surface area contributed by atoms with Crippen LogP contribution in [0.15, 0.2) is 60.0 Å². The van der Waals surface area contributed by atoms with Crippen molar-refractivity contribution < 1.29 is 25.5 Å². The Morgan fingerprint density at radius 1 is 0.654 bits per heavy atom. The number of rotatable bonds is 6. The van der Waals surface area contributed by atoms with E-state index in [0.717, 1.165) is 0 Å². The van der Waals surface area contributed by atoms with E-state index in [1.54, 1.807) is 48.5 Å². The third-order valence-electron chi connectivity index (χ3n) is 3.62. The van der Waals surface area contributed by atoms with Crippen LogP contribution < -0.4 is 0 Å². The van der Waals surface area contributed by atoms with Crippen LogP contribution in [0.25, 0.3) is 12.2 Å². The van der Waals surface area contributed by atoms with E-state index >= 15 is 0 Å². The quantitative estimate of drug-likeness (QED) is 0.480. The van der Waals surface area contributed by atoms with Crippen molar-refractivity contribution in [1.82, 2.24) is 0 Å². The predicted octanol–water partition coefficient (Wildman–Crippen LogP) is 3.57. The van der Waals surface area contributed by atoms with Crippen molar-refractivity contribution in [2.24, 2.45) is 0 Å². The lowest BCUT2D eigenvalue weighted by atomic mass is 10.0. The minimum absolute atomic E-state index is 0.509. The number of halogens is 2. The second-order valence-corrected chi connectivity index (χ2v) is 6.49. The van der Waals surface area contributed by atoms with E-state index in [1.807, 2.05) is 0 Å². The summed E-state index contributed by atoms with van der Waals surface area (Å²) >= 11 is 11.5. The number of aliphatic hydroxyl groups is 5. The molecule has 0 spiro atoms. The Hall–Kier alpha value is -2.02. The second kappa shape index (κ2) is 9.07. The third kappa shape index (κ3) is 5.49. The van der Waals surface area contributed by atoms with Gasteiger partial charge < -0.3 is 25.5 Å². The molecule has 0 heterocycles. The summed E-state index contributed by atoms with van der Waals surface area (Å²) < 4.78 is 0. The molecule has 0 saturated heterocycles. The number of aliphatic hydroxyl groups excluding tert-OH is 5. The monoisotopic (exact) mass is 396 g/mol. The number of hydrogen-bond acceptors (Lipinski definition) is 5. The smallest absolute Gasteiger partial charge is 0.140 e. The summed E-state index contributed by atoms with van der Waals surface area (Å²) in [6.45, 7) is 0. The van der Waals surface area contributed by atoms with Crippen LogP contribution in [0.4, 0.5) is 0 Å². The molecule has 5 nitrogen and oxygen atoms in total. The van der Waals surface area contributed by atoms with Crippen molar-refractivity contribution in [1.29, 1.82) is 0 Å². The van der Waals surface area contributed by atoms with Crippen LogP contribution in [0.2, 0.25) is 10.0 Å². The Morgan fingerprint density at radius 2 is 0.962 bits per heavy atom. The van der Waals surface area contributed by atoms with Gasteiger partial charge >= 0.3 is 0 Å². The molecule has 0 bridgehead atoms. The summed E-state index contributed by atoms with van der Waals surface area (Å²) in [5.74, 6) is -1.14. The first kappa shape index (κ1) is 20.3. The zero-order valence-electron chi connectivity index (χ0n) is 13.5. The molecule has 0 radical (unpaired) electrons. The molecular formula is C19H18Cl2O5. The molecule has 2 aromatic rings. The fourth-order valence-corrected chi connectivity index (χ4v) is 2.40. The maximum atomic E-state index is 10.0. The standard InChI is InChI=1S/C19H18Cl2O5/c20-13-5-1-11(2-6-13)9-15(22)17(24)19(26)18(25)16(23)10-12-3-7-14(21)8-4-12/h1-10,17-19,22-26H/t17-,18+,19?. The van der Waals surface area contributed by atoms with Crippen LogP contribution in [-0.2, 0) is 0 Å². The van der Waals surface area contributed by atoms with Gasteiger partial charge in [0.2, 0.25) is 0 Å². The number of hydrogen-bond donors (Lipinski definition) is 5. The third-order valence-corrected chi connectivity index (χ3v) is 4.13. The molecule has 0 amide bonds. The number of benzene rings is 2. The van der Waals surface area contributed by atoms with E-state index in [9.17, 15) is 25.5 Å². The molecule has 2 rings (SSSR count). The van der Waals surface area contributed by atoms with Gasteiger partial charge in [-0.05, 0) is 47.5 Å². The second-order valence-electron chi connectivity index (χ2n) is 5.62. The molecule has 0 aromatic heterocycles. The minimum Gasteiger partial charge on any atom is -0.509 e. The molecule has 0 saturated carbocycles. The minimum atomic E-state index is -1.85. The Balaban J connectivity index is 2.11. The lowest BCUT2D eigenvalue weighted by molar-refractivity contribution is -0.0540. The average Bonchev–Trinajstić information content (AvgIpc) is 2.63. The van der Waals surface area contributed by atoms with Crippen LogP contribution in [0.3, 0.4) is 0 Å². The molecule has 0 aliphatic carbocycles. The molecule has 138 valence electrons. The fourth-order valence-electron chi connectivity index (χ4n) is 2.15. The molecular weight excluding hydrogens is 379 g/mol. The van der Waals surface area contributed by atoms with Gasteiger partial charge in [-0.25, -0.2) is 0 Å². The van der Waals surface area contributed by atoms with Gasteiger partial charge in [-0.3, -0.25) is 0 Å². The highest BCUT2D eigenvalue weighted by molar-refractivity contribution is 6.30. The van der Waals surface area contributed by atoms with Crippen molar-refractivity contribution in [2.75, 3.05) is 0 Å². The first-order valence-electron chi connectivity index (χ1n) is 7.64. The zero-order chi connectivity index (χ0) is 19.3. The highest BCUT2D eigenvalue weighted by atomic mass is 35.5. The summed E-state index contributed by atoms with van der Waals surface area (Å²) in [5.41, 5.74) is 1.07. The molecule has 0 fully saturated rings. The Kier molecular flexibility index (Phi) is 7.08. The van der Waals surface area contributed by atoms with E-state index in [4.69, 9.17) is 23.2 Å². The van der Waals surface area contributed by atoms with Crippen molar-refractivity contribution in [2.45, 2.75) is 18.3 Å². The lowest BCUT2D eigenvalue weighted by Crippen LogP contribution is -2.39. The van der Waals surface area contributed by atoms with Crippen molar-refractivity contribution in [3.8, 4) is 0 Å². The van der Waals surface area contributed by atoms with Crippen LogP contribution in [0.1, 0.15) is 11.1 Å². The highest BCUT2D eigenvalue weighted by Crippen LogP contribution is 2.19. The van der Waals surface area contributed by atoms with Gasteiger partial charge in [0.25, 0.3) is 0 Å². The van der Waals surface area contributed by atoms with Crippen LogP contribution >= 0.6 is 23.2 Å². The Bertz CT molecular complexity index is 717. The first-order valence-corrected chi connectivity index (χ1v) is 8.40. The van der Waals surface area contributed by atoms with E-state index in [2.05, 4.69) is 0 Å². The molecule has 0 aliphatic rings. The summed E-state index contributed by atoms with van der Waals surface area (Å²) in [4.78, 5) is 0. The molecule has 3 atom stereocenters. The molecule has 26 heavy (non-hydrogen) atoms. The topological polar surface area (TPSA) is 101 Å². The molecule has 7 heteroatoms. The van der Waals surface area contributed by atoms with E-state index < -0.39 is 29.8 Å². The molecule has 0 aliphatic heterocycles. The average molecular weight is 397 g/mol. The van der Waals surface area contributed by atoms with Crippen LogP contribution in [0.5, 0.6) is 0 Å². The van der Waals surface area contributed by atoms with Gasteiger partial charge in [-0.15, -0.1) is 0 Å². The normalized spacial score (nSPS) is 16.2. The van der Waals surface area contributed by atoms with Crippen molar-refractivity contribution in [3.63, 3.8) is 0 Å². The summed E-state index contributed by atoms with van der Waals surface area (Å²) in [6, 6.07) is 12.8. The first-order chi connectivity index (χ1) is 12.3. The SMILES string of the molecule is OC(=Cc1ccc(Cl)cc1)[C@@H](O)C(O)[C@@H](O)C(O)=Cc1ccc(Cl)cc1. The van der Waals surface area contributed by atoms with Gasteiger partial charge in [-0.2, -0.15) is 0 Å². The zero-order valence-corrected chi connectivity index (χ0v) is 15.0. The maximum absolute atomic E-state index is 10.0. The summed E-state index contributed by atoms with van der Waals surface area (Å²) in [7, 11) is 0. The molecule has 5 N–H and O–H groups in total. The van der Waals surface area contributed by atoms with Crippen molar-refractivity contribution in [3.05, 3.63) is 81.2 Å². The maximum Gasteiger partial charge on any atom is 0.140 e. The van der Waals surface area contributed by atoms with Crippen molar-refractivity contribution >= 4 is 35.4 Å². The van der Waals surface area contributed by atoms with Crippen LogP contribution in [-0.4, -0.2) is 43.8 Å². The highest BCUT2D eigenvalue weighted by Gasteiger charge is 2.30. The van der Waals surface area contributed by atoms with E-state index in [1.165, 1.54) is 12.2 Å². The Labute approximate surface area is 160 Å². The van der Waals surface area contributed by atoms with Gasteiger partial charge in [0, 0.05) is 10.0 Å². The predicted molar refractivity (Wildman–Crippen MR) is 102 cm³/mol. The molecule has 1 unspecified atom stereocenters. The summed E-state index contributed by atoms with van der Waals surface area (Å²) in [6.07, 6.45) is -3.02. The fraction of sp³-hybridized carbons (Fsp3) is 0.158. The lowest BCUT2D eigenvalue weighted by Gasteiger charge is -2.22. The largest absolute Gasteiger partial charge is 0.509 e. The van der Waals surface area contributed by atoms with Gasteiger partial charge in [0.05, 0.1) is 0 Å². The van der Waals surface area contributed by atoms with E-state index in [0.29, 0.717) is 21.2 Å². The Morgan fingerprint density at radius 3 is 1.27 bits per heavy atom. The van der Waals surface area contributed by atoms with Gasteiger partial charge in [0.15, 0.2) is 0 Å². The van der Waals surface area contributed by atoms with Crippen LogP contribution in [0, 0.1) is 0 Å². The molecule has 2 aromatic carbocycles. The van der Waals surface area contributed by atoms with E-state index in [-0.39, 0.29) is 0 Å². The summed E-state index contributed by atoms with van der Waals surface area (Å²) in [5, 5.41) is 51.0. The van der Waals surface area contributed by atoms with Gasteiger partial charge in [-0.1, -0.05) is 47.5 Å².